The smallest absolute Gasteiger partial charge is 0.125 e. The highest BCUT2D eigenvalue weighted by Crippen LogP contribution is 2.26. The van der Waals surface area contributed by atoms with Gasteiger partial charge in [-0.3, -0.25) is 0 Å². The second kappa shape index (κ2) is 6.24. The number of alkyl halides is 1. The van der Waals surface area contributed by atoms with Crippen LogP contribution in [0.4, 0.5) is 0 Å². The van der Waals surface area contributed by atoms with Gasteiger partial charge in [-0.1, -0.05) is 19.8 Å². The normalized spacial score (nSPS) is 13.1. The van der Waals surface area contributed by atoms with Gasteiger partial charge in [0.15, 0.2) is 0 Å². The van der Waals surface area contributed by atoms with Gasteiger partial charge in [0.1, 0.15) is 5.82 Å². The lowest BCUT2D eigenvalue weighted by molar-refractivity contribution is 0.485. The molecule has 0 spiro atoms. The molecule has 18 heavy (non-hydrogen) atoms. The molecule has 0 aliphatic carbocycles. The molecular weight excluding hydrogens is 359 g/mol. The van der Waals surface area contributed by atoms with Gasteiger partial charge < -0.3 is 4.57 Å². The van der Waals surface area contributed by atoms with Gasteiger partial charge in [-0.05, 0) is 54.1 Å². The number of hydrogen-bond acceptors (Lipinski definition) is 1. The first-order valence-electron chi connectivity index (χ1n) is 6.39. The largest absolute Gasteiger partial charge is 0.324 e. The molecule has 2 nitrogen and oxygen atoms in total. The number of nitrogens with zero attached hydrogens (tertiary/aromatic N) is 2. The fraction of sp³-hybridized carbons (Fsp3) is 0.500. The Morgan fingerprint density at radius 3 is 2.89 bits per heavy atom. The van der Waals surface area contributed by atoms with E-state index in [4.69, 9.17) is 11.6 Å². The molecule has 0 fully saturated rings. The summed E-state index contributed by atoms with van der Waals surface area (Å²) < 4.78 is 3.51. The Hall–Kier alpha value is -0.290. The fourth-order valence-electron chi connectivity index (χ4n) is 2.34. The van der Waals surface area contributed by atoms with Crippen LogP contribution in [0.5, 0.6) is 0 Å². The Balaban J connectivity index is 2.46. The summed E-state index contributed by atoms with van der Waals surface area (Å²) in [6.07, 6.45) is 3.65. The number of unbranched alkanes of at least 4 members (excludes halogenated alkanes) is 1. The molecule has 0 bridgehead atoms. The van der Waals surface area contributed by atoms with Crippen molar-refractivity contribution in [1.29, 1.82) is 0 Å². The van der Waals surface area contributed by atoms with Crippen molar-refractivity contribution in [3.63, 3.8) is 0 Å². The molecule has 1 heterocycles. The van der Waals surface area contributed by atoms with E-state index in [0.717, 1.165) is 11.3 Å². The third-order valence-electron chi connectivity index (χ3n) is 3.26. The van der Waals surface area contributed by atoms with Crippen LogP contribution in [-0.4, -0.2) is 9.55 Å². The predicted octanol–water partition coefficient (Wildman–Crippen LogP) is 5.13. The highest BCUT2D eigenvalue weighted by molar-refractivity contribution is 14.1. The molecule has 1 unspecified atom stereocenters. The molecule has 0 amide bonds. The summed E-state index contributed by atoms with van der Waals surface area (Å²) in [4.78, 5) is 4.65. The molecule has 0 radical (unpaired) electrons. The van der Waals surface area contributed by atoms with E-state index in [2.05, 4.69) is 64.2 Å². The third-order valence-corrected chi connectivity index (χ3v) is 4.17. The molecule has 2 aromatic rings. The molecule has 1 aromatic carbocycles. The van der Waals surface area contributed by atoms with Crippen molar-refractivity contribution in [2.45, 2.75) is 45.0 Å². The maximum Gasteiger partial charge on any atom is 0.125 e. The van der Waals surface area contributed by atoms with Crippen LogP contribution < -0.4 is 0 Å². The van der Waals surface area contributed by atoms with Crippen LogP contribution in [0.1, 0.15) is 45.0 Å². The molecule has 0 aliphatic heterocycles. The van der Waals surface area contributed by atoms with Crippen LogP contribution in [-0.2, 0) is 5.88 Å². The summed E-state index contributed by atoms with van der Waals surface area (Å²) in [5.41, 5.74) is 2.26. The summed E-state index contributed by atoms with van der Waals surface area (Å²) in [5.74, 6) is 1.46. The summed E-state index contributed by atoms with van der Waals surface area (Å²) in [6, 6.07) is 6.87. The summed E-state index contributed by atoms with van der Waals surface area (Å²) in [5, 5.41) is 0. The Bertz CT molecular complexity index is 536. The van der Waals surface area contributed by atoms with Gasteiger partial charge in [-0.15, -0.1) is 11.6 Å². The lowest BCUT2D eigenvalue weighted by Crippen LogP contribution is -2.08. The molecule has 0 aliphatic rings. The average molecular weight is 377 g/mol. The average Bonchev–Trinajstić information content (AvgIpc) is 2.73. The summed E-state index contributed by atoms with van der Waals surface area (Å²) >= 11 is 8.35. The van der Waals surface area contributed by atoms with Gasteiger partial charge in [-0.25, -0.2) is 4.98 Å². The Morgan fingerprint density at radius 2 is 2.22 bits per heavy atom. The number of aromatic nitrogens is 2. The lowest BCUT2D eigenvalue weighted by Gasteiger charge is -2.16. The fourth-order valence-corrected chi connectivity index (χ4v) is 3.00. The third kappa shape index (κ3) is 2.82. The SMILES string of the molecule is CCCCC(C)n1c(CCl)nc2cc(I)ccc21. The van der Waals surface area contributed by atoms with Crippen molar-refractivity contribution >= 4 is 45.2 Å². The van der Waals surface area contributed by atoms with Gasteiger partial charge in [0.25, 0.3) is 0 Å². The zero-order valence-electron chi connectivity index (χ0n) is 10.8. The van der Waals surface area contributed by atoms with Gasteiger partial charge in [0.05, 0.1) is 16.9 Å². The van der Waals surface area contributed by atoms with Crippen molar-refractivity contribution in [1.82, 2.24) is 9.55 Å². The van der Waals surface area contributed by atoms with E-state index in [1.165, 1.54) is 28.3 Å². The number of rotatable bonds is 5. The zero-order valence-corrected chi connectivity index (χ0v) is 13.7. The number of halogens is 2. The molecule has 4 heteroatoms. The first-order chi connectivity index (χ1) is 8.67. The molecule has 98 valence electrons. The van der Waals surface area contributed by atoms with E-state index in [9.17, 15) is 0 Å². The van der Waals surface area contributed by atoms with Crippen LogP contribution >= 0.6 is 34.2 Å². The Kier molecular flexibility index (Phi) is 4.90. The van der Waals surface area contributed by atoms with E-state index < -0.39 is 0 Å². The van der Waals surface area contributed by atoms with Gasteiger partial charge in [0.2, 0.25) is 0 Å². The van der Waals surface area contributed by atoms with Crippen molar-refractivity contribution in [3.8, 4) is 0 Å². The maximum atomic E-state index is 6.04. The number of hydrogen-bond donors (Lipinski definition) is 0. The minimum Gasteiger partial charge on any atom is -0.324 e. The first kappa shape index (κ1) is 14.1. The van der Waals surface area contributed by atoms with Crippen LogP contribution in [0.25, 0.3) is 11.0 Å². The van der Waals surface area contributed by atoms with Crippen molar-refractivity contribution in [2.24, 2.45) is 0 Å². The van der Waals surface area contributed by atoms with Crippen LogP contribution in [0.2, 0.25) is 0 Å². The van der Waals surface area contributed by atoms with E-state index >= 15 is 0 Å². The van der Waals surface area contributed by atoms with E-state index in [0.29, 0.717) is 11.9 Å². The maximum absolute atomic E-state index is 6.04. The monoisotopic (exact) mass is 376 g/mol. The van der Waals surface area contributed by atoms with E-state index in [1.807, 2.05) is 0 Å². The molecular formula is C14H18ClIN2. The minimum absolute atomic E-state index is 0.462. The number of fused-ring (bicyclic) bond motifs is 1. The molecule has 2 rings (SSSR count). The molecule has 0 saturated heterocycles. The van der Waals surface area contributed by atoms with Gasteiger partial charge in [-0.2, -0.15) is 0 Å². The van der Waals surface area contributed by atoms with Gasteiger partial charge in [0, 0.05) is 9.61 Å². The highest BCUT2D eigenvalue weighted by atomic mass is 127. The molecule has 1 atom stereocenters. The van der Waals surface area contributed by atoms with Crippen LogP contribution in [0, 0.1) is 3.57 Å². The van der Waals surface area contributed by atoms with Crippen molar-refractivity contribution in [2.75, 3.05) is 0 Å². The van der Waals surface area contributed by atoms with Gasteiger partial charge >= 0.3 is 0 Å². The van der Waals surface area contributed by atoms with Crippen molar-refractivity contribution < 1.29 is 0 Å². The molecule has 0 N–H and O–H groups in total. The van der Waals surface area contributed by atoms with Crippen LogP contribution in [0.15, 0.2) is 18.2 Å². The molecule has 1 aromatic heterocycles. The number of benzene rings is 1. The molecule has 0 saturated carbocycles. The lowest BCUT2D eigenvalue weighted by atomic mass is 10.1. The predicted molar refractivity (Wildman–Crippen MR) is 86.2 cm³/mol. The Labute approximate surface area is 127 Å². The first-order valence-corrected chi connectivity index (χ1v) is 8.01. The number of imidazole rings is 1. The minimum atomic E-state index is 0.462. The topological polar surface area (TPSA) is 17.8 Å². The second-order valence-electron chi connectivity index (χ2n) is 4.66. The summed E-state index contributed by atoms with van der Waals surface area (Å²) in [7, 11) is 0. The highest BCUT2D eigenvalue weighted by Gasteiger charge is 2.14. The van der Waals surface area contributed by atoms with E-state index in [1.54, 1.807) is 0 Å². The van der Waals surface area contributed by atoms with E-state index in [-0.39, 0.29) is 0 Å². The van der Waals surface area contributed by atoms with Crippen LogP contribution in [0.3, 0.4) is 0 Å². The Morgan fingerprint density at radius 1 is 1.44 bits per heavy atom. The summed E-state index contributed by atoms with van der Waals surface area (Å²) in [6.45, 7) is 4.48. The zero-order chi connectivity index (χ0) is 13.1. The quantitative estimate of drug-likeness (QED) is 0.522. The van der Waals surface area contributed by atoms with Crippen molar-refractivity contribution in [3.05, 3.63) is 27.6 Å². The standard InChI is InChI=1S/C14H18ClIN2/c1-3-4-5-10(2)18-13-7-6-11(16)8-12(13)17-14(18)9-15/h6-8,10H,3-5,9H2,1-2H3. The second-order valence-corrected chi connectivity index (χ2v) is 6.17.